The summed E-state index contributed by atoms with van der Waals surface area (Å²) >= 11 is 0. The van der Waals surface area contributed by atoms with Crippen LogP contribution in [0.25, 0.3) is 33.5 Å². The lowest BCUT2D eigenvalue weighted by Crippen LogP contribution is -2.24. The van der Waals surface area contributed by atoms with Gasteiger partial charge in [0, 0.05) is 37.4 Å². The second-order valence-corrected chi connectivity index (χ2v) is 8.36. The average Bonchev–Trinajstić information content (AvgIpc) is 3.57. The minimum atomic E-state index is -2.84. The molecule has 0 aliphatic rings. The summed E-state index contributed by atoms with van der Waals surface area (Å²) in [6.07, 6.45) is 1.29. The van der Waals surface area contributed by atoms with Crippen LogP contribution >= 0.6 is 0 Å². The first-order valence-electron chi connectivity index (χ1n) is 11.1. The number of H-pyrrole nitrogens is 1. The van der Waals surface area contributed by atoms with Crippen LogP contribution in [0, 0.1) is 0 Å². The smallest absolute Gasteiger partial charge is 0.314 e. The molecule has 1 N–H and O–H groups in total. The lowest BCUT2D eigenvalue weighted by atomic mass is 10.00. The predicted molar refractivity (Wildman–Crippen MR) is 133 cm³/mol. The summed E-state index contributed by atoms with van der Waals surface area (Å²) in [6, 6.07) is 17.5. The zero-order chi connectivity index (χ0) is 25.2. The second-order valence-electron chi connectivity index (χ2n) is 8.36. The topological polar surface area (TPSA) is 91.2 Å². The summed E-state index contributed by atoms with van der Waals surface area (Å²) in [7, 11) is 3.85. The third-order valence-corrected chi connectivity index (χ3v) is 5.83. The van der Waals surface area contributed by atoms with Gasteiger partial charge in [0.2, 0.25) is 12.3 Å². The van der Waals surface area contributed by atoms with Crippen molar-refractivity contribution in [2.75, 3.05) is 23.9 Å². The number of fused-ring (bicyclic) bond motifs is 1. The van der Waals surface area contributed by atoms with Gasteiger partial charge in [0.15, 0.2) is 0 Å². The number of anilines is 2. The monoisotopic (exact) mass is 488 g/mol. The fourth-order valence-corrected chi connectivity index (χ4v) is 4.07. The number of carbonyl (C=O) groups excluding carboxylic acids is 1. The number of nitrogens with one attached hydrogen (secondary N) is 1. The summed E-state index contributed by atoms with van der Waals surface area (Å²) in [5.74, 6) is -0.784. The van der Waals surface area contributed by atoms with Gasteiger partial charge in [0.25, 0.3) is 5.89 Å². The number of aromatic nitrogens is 4. The quantitative estimate of drug-likeness (QED) is 0.292. The molecular weight excluding hydrogens is 466 g/mol. The first kappa shape index (κ1) is 23.2. The highest BCUT2D eigenvalue weighted by Gasteiger charge is 2.18. The number of carbonyl (C=O) groups is 1. The maximum atomic E-state index is 12.7. The van der Waals surface area contributed by atoms with Crippen LogP contribution in [0.2, 0.25) is 0 Å². The zero-order valence-electron chi connectivity index (χ0n) is 19.5. The van der Waals surface area contributed by atoms with Gasteiger partial charge in [0.1, 0.15) is 0 Å². The van der Waals surface area contributed by atoms with E-state index in [-0.39, 0.29) is 12.4 Å². The molecule has 36 heavy (non-hydrogen) atoms. The third kappa shape index (κ3) is 4.40. The number of aromatic amines is 1. The average molecular weight is 488 g/mol. The summed E-state index contributed by atoms with van der Waals surface area (Å²) < 4.78 is 30.4. The van der Waals surface area contributed by atoms with Gasteiger partial charge < -0.3 is 19.2 Å². The van der Waals surface area contributed by atoms with Crippen molar-refractivity contribution in [3.63, 3.8) is 0 Å². The number of alkyl halides is 2. The molecule has 0 radical (unpaired) electrons. The Kier molecular flexibility index (Phi) is 6.16. The molecule has 0 bridgehead atoms. The van der Waals surface area contributed by atoms with Gasteiger partial charge in [-0.05, 0) is 47.5 Å². The van der Waals surface area contributed by atoms with E-state index >= 15 is 0 Å². The minimum Gasteiger partial charge on any atom is -0.415 e. The summed E-state index contributed by atoms with van der Waals surface area (Å²) in [4.78, 5) is 23.2. The Morgan fingerprint density at radius 3 is 2.56 bits per heavy atom. The number of nitrogens with zero attached hydrogens (tertiary/aromatic N) is 5. The lowest BCUT2D eigenvalue weighted by Gasteiger charge is -2.25. The Morgan fingerprint density at radius 2 is 1.86 bits per heavy atom. The van der Waals surface area contributed by atoms with E-state index in [1.807, 2.05) is 55.5 Å². The van der Waals surface area contributed by atoms with Gasteiger partial charge in [-0.15, -0.1) is 10.2 Å². The van der Waals surface area contributed by atoms with Gasteiger partial charge in [-0.1, -0.05) is 18.2 Å². The van der Waals surface area contributed by atoms with Gasteiger partial charge in [-0.2, -0.15) is 8.78 Å². The van der Waals surface area contributed by atoms with E-state index in [4.69, 9.17) is 4.42 Å². The van der Waals surface area contributed by atoms with Crippen molar-refractivity contribution >= 4 is 28.7 Å². The maximum Gasteiger partial charge on any atom is 0.314 e. The van der Waals surface area contributed by atoms with Gasteiger partial charge >= 0.3 is 6.43 Å². The van der Waals surface area contributed by atoms with Crippen molar-refractivity contribution in [1.29, 1.82) is 0 Å². The number of hydrogen-bond acceptors (Lipinski definition) is 6. The highest BCUT2D eigenvalue weighted by Crippen LogP contribution is 2.36. The molecule has 182 valence electrons. The Hall–Kier alpha value is -4.60. The predicted octanol–water partition coefficient (Wildman–Crippen LogP) is 5.45. The van der Waals surface area contributed by atoms with Crippen molar-refractivity contribution in [3.8, 4) is 22.6 Å². The summed E-state index contributed by atoms with van der Waals surface area (Å²) in [6.45, 7) is 0.212. The molecule has 0 unspecified atom stereocenters. The SMILES string of the molecule is CN(C)c1cc(-c2cccc3[nH]ccc23)ccc1N(C=O)Cc1ccc(-c2nnc(C(F)F)o2)cn1. The highest BCUT2D eigenvalue weighted by atomic mass is 19.3. The number of benzene rings is 2. The van der Waals surface area contributed by atoms with Crippen LogP contribution in [0.3, 0.4) is 0 Å². The molecular formula is C26H22F2N6O2. The number of rotatable bonds is 8. The summed E-state index contributed by atoms with van der Waals surface area (Å²) in [5, 5.41) is 8.08. The Balaban J connectivity index is 1.42. The standard InChI is InChI=1S/C26H22F2N6O2/c1-33(2)23-12-16(19-4-3-5-21-20(19)10-11-29-21)7-9-22(23)34(15-35)14-18-8-6-17(13-30-18)25-31-32-26(36-25)24(27)28/h3-13,15,24,29H,14H2,1-2H3. The van der Waals surface area contributed by atoms with Crippen LogP contribution < -0.4 is 9.80 Å². The number of pyridine rings is 1. The third-order valence-electron chi connectivity index (χ3n) is 5.83. The lowest BCUT2D eigenvalue weighted by molar-refractivity contribution is -0.107. The number of amides is 1. The molecule has 8 nitrogen and oxygen atoms in total. The summed E-state index contributed by atoms with van der Waals surface area (Å²) in [5.41, 5.74) is 5.79. The van der Waals surface area contributed by atoms with Crippen LogP contribution in [-0.2, 0) is 11.3 Å². The molecule has 0 aliphatic carbocycles. The first-order valence-corrected chi connectivity index (χ1v) is 11.1. The van der Waals surface area contributed by atoms with Crippen LogP contribution in [0.1, 0.15) is 18.0 Å². The van der Waals surface area contributed by atoms with Crippen LogP contribution in [0.5, 0.6) is 0 Å². The number of halogens is 2. The maximum absolute atomic E-state index is 12.7. The van der Waals surface area contributed by atoms with E-state index in [1.54, 1.807) is 17.0 Å². The van der Waals surface area contributed by atoms with Crippen molar-refractivity contribution < 1.29 is 18.0 Å². The Bertz CT molecular complexity index is 1510. The van der Waals surface area contributed by atoms with Crippen LogP contribution in [0.15, 0.2) is 71.4 Å². The minimum absolute atomic E-state index is 0.0421. The molecule has 5 rings (SSSR count). The largest absolute Gasteiger partial charge is 0.415 e. The Morgan fingerprint density at radius 1 is 1.03 bits per heavy atom. The molecule has 10 heteroatoms. The van der Waals surface area contributed by atoms with Crippen molar-refractivity contribution in [2.24, 2.45) is 0 Å². The number of hydrogen-bond donors (Lipinski definition) is 1. The van der Waals surface area contributed by atoms with E-state index < -0.39 is 12.3 Å². The Labute approximate surface area is 205 Å². The molecule has 3 aromatic heterocycles. The molecule has 0 atom stereocenters. The fraction of sp³-hybridized carbons (Fsp3) is 0.154. The van der Waals surface area contributed by atoms with Gasteiger partial charge in [-0.3, -0.25) is 9.78 Å². The normalized spacial score (nSPS) is 11.2. The van der Waals surface area contributed by atoms with E-state index in [2.05, 4.69) is 32.3 Å². The first-order chi connectivity index (χ1) is 17.4. The molecule has 1 amide bonds. The van der Waals surface area contributed by atoms with Gasteiger partial charge in [-0.25, -0.2) is 0 Å². The van der Waals surface area contributed by atoms with Gasteiger partial charge in [0.05, 0.1) is 29.2 Å². The molecule has 3 heterocycles. The van der Waals surface area contributed by atoms with E-state index in [1.165, 1.54) is 6.20 Å². The van der Waals surface area contributed by atoms with Crippen LogP contribution in [-0.4, -0.2) is 40.7 Å². The van der Waals surface area contributed by atoms with Crippen molar-refractivity contribution in [2.45, 2.75) is 13.0 Å². The molecule has 0 saturated carbocycles. The van der Waals surface area contributed by atoms with Crippen molar-refractivity contribution in [1.82, 2.24) is 20.2 Å². The molecule has 2 aromatic carbocycles. The molecule has 5 aromatic rings. The van der Waals surface area contributed by atoms with Crippen LogP contribution in [0.4, 0.5) is 20.2 Å². The zero-order valence-corrected chi connectivity index (χ0v) is 19.5. The van der Waals surface area contributed by atoms with E-state index in [0.29, 0.717) is 11.3 Å². The van der Waals surface area contributed by atoms with E-state index in [0.717, 1.165) is 39.8 Å². The highest BCUT2D eigenvalue weighted by molar-refractivity contribution is 5.97. The molecule has 0 fully saturated rings. The van der Waals surface area contributed by atoms with E-state index in [9.17, 15) is 13.6 Å². The second kappa shape index (κ2) is 9.57. The van der Waals surface area contributed by atoms with Crippen molar-refractivity contribution in [3.05, 3.63) is 78.6 Å². The molecule has 0 saturated heterocycles. The molecule has 0 aliphatic heterocycles. The molecule has 0 spiro atoms. The fourth-order valence-electron chi connectivity index (χ4n) is 4.07.